The van der Waals surface area contributed by atoms with E-state index in [9.17, 15) is 10.2 Å². The van der Waals surface area contributed by atoms with Crippen molar-refractivity contribution < 1.29 is 113 Å². The van der Waals surface area contributed by atoms with Crippen molar-refractivity contribution in [3.63, 3.8) is 0 Å². The minimum absolute atomic E-state index is 0. The summed E-state index contributed by atoms with van der Waals surface area (Å²) >= 11 is 9.17. The molecule has 0 aliphatic heterocycles. The van der Waals surface area contributed by atoms with E-state index in [0.29, 0.717) is 0 Å². The average Bonchev–Trinajstić information content (AvgIpc) is 2.39. The van der Waals surface area contributed by atoms with Crippen LogP contribution < -0.4 is 113 Å². The Balaban J connectivity index is -0.00000180. The van der Waals surface area contributed by atoms with Crippen LogP contribution in [0.25, 0.3) is 0 Å². The fraction of sp³-hybridized carbons (Fsp3) is 0.875. The second kappa shape index (κ2) is 22.1. The first kappa shape index (κ1) is 29.8. The van der Waals surface area contributed by atoms with Crippen LogP contribution >= 0.6 is 24.4 Å². The molecule has 0 saturated heterocycles. The molecule has 0 radical (unpaired) electrons. The van der Waals surface area contributed by atoms with Crippen LogP contribution in [0.1, 0.15) is 84.0 Å². The molecule has 0 bridgehead atoms. The van der Waals surface area contributed by atoms with Gasteiger partial charge < -0.3 is 10.2 Å². The van der Waals surface area contributed by atoms with Gasteiger partial charge in [-0.2, -0.15) is 0 Å². The molecular formula is C16H28K2O2S2. The summed E-state index contributed by atoms with van der Waals surface area (Å²) in [7, 11) is 0. The van der Waals surface area contributed by atoms with Gasteiger partial charge in [0, 0.05) is 0 Å². The van der Waals surface area contributed by atoms with E-state index in [-0.39, 0.29) is 125 Å². The van der Waals surface area contributed by atoms with Crippen molar-refractivity contribution in [3.8, 4) is 0 Å². The first-order valence-electron chi connectivity index (χ1n) is 7.98. The molecule has 1 unspecified atom stereocenters. The molecule has 0 amide bonds. The van der Waals surface area contributed by atoms with Crippen molar-refractivity contribution in [1.29, 1.82) is 0 Å². The Morgan fingerprint density at radius 3 is 1.55 bits per heavy atom. The van der Waals surface area contributed by atoms with E-state index in [1.807, 2.05) is 0 Å². The standard InChI is InChI=1S/C16H30O2S2.2K/c1-2-3-4-5-6-7-8-9-10-11-12-14(16(18)20)13-15(17)19;;/h14H,2-13H2,1H3,(H,17,19)(H,18,20);;/q;2*+1/p-2. The molecule has 0 aliphatic carbocycles. The van der Waals surface area contributed by atoms with E-state index in [1.54, 1.807) is 0 Å². The van der Waals surface area contributed by atoms with E-state index >= 15 is 0 Å². The smallest absolute Gasteiger partial charge is 0.867 e. The van der Waals surface area contributed by atoms with Crippen LogP contribution in [0.2, 0.25) is 0 Å². The Hall–Kier alpha value is 3.05. The predicted molar refractivity (Wildman–Crippen MR) is 89.8 cm³/mol. The maximum absolute atomic E-state index is 11.2. The zero-order chi connectivity index (χ0) is 15.2. The maximum Gasteiger partial charge on any atom is 1.00 e. The summed E-state index contributed by atoms with van der Waals surface area (Å²) in [6.45, 7) is 2.24. The molecule has 0 fully saturated rings. The third-order valence-electron chi connectivity index (χ3n) is 3.65. The molecule has 0 saturated carbocycles. The molecule has 6 heteroatoms. The van der Waals surface area contributed by atoms with Crippen molar-refractivity contribution in [2.75, 3.05) is 0 Å². The summed E-state index contributed by atoms with van der Waals surface area (Å²) in [4.78, 5) is 0. The number of thiocarbonyl (C=S) groups is 2. The van der Waals surface area contributed by atoms with Crippen LogP contribution in [-0.2, 0) is 0 Å². The van der Waals surface area contributed by atoms with Crippen molar-refractivity contribution in [2.45, 2.75) is 84.0 Å². The molecule has 0 rings (SSSR count). The summed E-state index contributed by atoms with van der Waals surface area (Å²) in [6, 6.07) is 0. The summed E-state index contributed by atoms with van der Waals surface area (Å²) in [5.74, 6) is -0.316. The quantitative estimate of drug-likeness (QED) is 0.189. The first-order valence-corrected chi connectivity index (χ1v) is 8.80. The van der Waals surface area contributed by atoms with Crippen LogP contribution in [0.4, 0.5) is 0 Å². The van der Waals surface area contributed by atoms with E-state index in [0.717, 1.165) is 19.3 Å². The normalized spacial score (nSPS) is 11.1. The number of unbranched alkanes of at least 4 members (excludes halogenated alkanes) is 9. The van der Waals surface area contributed by atoms with Gasteiger partial charge in [0.2, 0.25) is 0 Å². The van der Waals surface area contributed by atoms with Gasteiger partial charge in [-0.1, -0.05) is 81.2 Å². The Morgan fingerprint density at radius 1 is 0.773 bits per heavy atom. The number of rotatable bonds is 14. The molecule has 2 nitrogen and oxygen atoms in total. The Labute approximate surface area is 232 Å². The van der Waals surface area contributed by atoms with Gasteiger partial charge in [-0.15, -0.1) is 24.4 Å². The zero-order valence-corrected chi connectivity index (χ0v) is 22.6. The van der Waals surface area contributed by atoms with Gasteiger partial charge in [0.25, 0.3) is 0 Å². The first-order chi connectivity index (χ1) is 9.57. The minimum atomic E-state index is -0.347. The molecule has 0 aromatic heterocycles. The molecule has 0 aliphatic rings. The van der Waals surface area contributed by atoms with E-state index in [4.69, 9.17) is 0 Å². The SMILES string of the molecule is CCCCCCCCCCCCC(CC([O-])=S)C([O-])=S.[K+].[K+]. The fourth-order valence-electron chi connectivity index (χ4n) is 2.38. The zero-order valence-electron chi connectivity index (χ0n) is 14.7. The van der Waals surface area contributed by atoms with Crippen molar-refractivity contribution >= 4 is 34.5 Å². The van der Waals surface area contributed by atoms with Gasteiger partial charge in [0.15, 0.2) is 0 Å². The largest absolute Gasteiger partial charge is 1.00 e. The molecule has 0 spiro atoms. The molecule has 1 atom stereocenters. The summed E-state index contributed by atoms with van der Waals surface area (Å²) in [5.41, 5.74) is 0. The van der Waals surface area contributed by atoms with Crippen molar-refractivity contribution in [2.24, 2.45) is 5.92 Å². The monoisotopic (exact) mass is 394 g/mol. The molecule has 0 heterocycles. The van der Waals surface area contributed by atoms with E-state index in [1.165, 1.54) is 51.4 Å². The molecule has 118 valence electrons. The molecule has 22 heavy (non-hydrogen) atoms. The van der Waals surface area contributed by atoms with Crippen LogP contribution in [0.3, 0.4) is 0 Å². The third-order valence-corrected chi connectivity index (χ3v) is 4.15. The summed E-state index contributed by atoms with van der Waals surface area (Å²) in [6.07, 6.45) is 13.5. The van der Waals surface area contributed by atoms with Gasteiger partial charge in [-0.05, 0) is 18.8 Å². The Morgan fingerprint density at radius 2 is 1.18 bits per heavy atom. The van der Waals surface area contributed by atoms with Crippen LogP contribution in [0.15, 0.2) is 0 Å². The topological polar surface area (TPSA) is 46.1 Å². The average molecular weight is 395 g/mol. The van der Waals surface area contributed by atoms with Crippen molar-refractivity contribution in [1.82, 2.24) is 0 Å². The predicted octanol–water partition coefficient (Wildman–Crippen LogP) is -2.31. The van der Waals surface area contributed by atoms with Crippen molar-refractivity contribution in [3.05, 3.63) is 0 Å². The number of hydrogen-bond donors (Lipinski definition) is 0. The Kier molecular flexibility index (Phi) is 29.9. The van der Waals surface area contributed by atoms with E-state index in [2.05, 4.69) is 31.4 Å². The molecule has 0 aromatic carbocycles. The van der Waals surface area contributed by atoms with Gasteiger partial charge in [0.05, 0.1) is 0 Å². The number of hydrogen-bond acceptors (Lipinski definition) is 4. The van der Waals surface area contributed by atoms with Gasteiger partial charge >= 0.3 is 103 Å². The molecule has 0 aromatic rings. The molecular weight excluding hydrogens is 367 g/mol. The fourth-order valence-corrected chi connectivity index (χ4v) is 2.78. The second-order valence-electron chi connectivity index (χ2n) is 5.56. The summed E-state index contributed by atoms with van der Waals surface area (Å²) < 4.78 is 0. The van der Waals surface area contributed by atoms with Crippen LogP contribution in [-0.4, -0.2) is 10.1 Å². The maximum atomic E-state index is 11.2. The van der Waals surface area contributed by atoms with Gasteiger partial charge in [-0.3, -0.25) is 0 Å². The van der Waals surface area contributed by atoms with Crippen LogP contribution in [0, 0.1) is 5.92 Å². The Bertz CT molecular complexity index is 277. The summed E-state index contributed by atoms with van der Waals surface area (Å²) in [5, 5.41) is 21.4. The van der Waals surface area contributed by atoms with Gasteiger partial charge in [0.1, 0.15) is 0 Å². The van der Waals surface area contributed by atoms with Gasteiger partial charge in [-0.25, -0.2) is 0 Å². The third kappa shape index (κ3) is 21.1. The molecule has 0 N–H and O–H groups in total. The van der Waals surface area contributed by atoms with E-state index < -0.39 is 0 Å². The van der Waals surface area contributed by atoms with Crippen LogP contribution in [0.5, 0.6) is 0 Å². The minimum Gasteiger partial charge on any atom is -0.867 e. The second-order valence-corrected chi connectivity index (χ2v) is 6.42.